The van der Waals surface area contributed by atoms with Gasteiger partial charge in [-0.3, -0.25) is 4.79 Å². The lowest BCUT2D eigenvalue weighted by molar-refractivity contribution is 0.0689. The third-order valence-electron chi connectivity index (χ3n) is 2.66. The van der Waals surface area contributed by atoms with Crippen LogP contribution in [0.25, 0.3) is 0 Å². The molecule has 1 amide bonds. The van der Waals surface area contributed by atoms with Crippen molar-refractivity contribution in [1.82, 2.24) is 5.32 Å². The summed E-state index contributed by atoms with van der Waals surface area (Å²) < 4.78 is 26.1. The van der Waals surface area contributed by atoms with Crippen molar-refractivity contribution >= 4 is 11.9 Å². The molecule has 3 N–H and O–H groups in total. The van der Waals surface area contributed by atoms with E-state index in [-0.39, 0.29) is 6.54 Å². The molecule has 1 aromatic carbocycles. The average Bonchev–Trinajstić information content (AvgIpc) is 2.38. The molecule has 1 atom stereocenters. The van der Waals surface area contributed by atoms with Crippen LogP contribution in [0.15, 0.2) is 12.1 Å². The van der Waals surface area contributed by atoms with Crippen LogP contribution in [0.1, 0.15) is 40.5 Å². The zero-order valence-electron chi connectivity index (χ0n) is 10.8. The van der Waals surface area contributed by atoms with E-state index < -0.39 is 40.7 Å². The van der Waals surface area contributed by atoms with E-state index in [1.54, 1.807) is 0 Å². The van der Waals surface area contributed by atoms with Crippen molar-refractivity contribution < 1.29 is 28.6 Å². The van der Waals surface area contributed by atoms with E-state index in [9.17, 15) is 23.5 Å². The van der Waals surface area contributed by atoms with Crippen LogP contribution < -0.4 is 5.32 Å². The molecule has 0 spiro atoms. The number of aliphatic hydroxyl groups excluding tert-OH is 1. The van der Waals surface area contributed by atoms with Crippen molar-refractivity contribution in [2.45, 2.75) is 25.9 Å². The van der Waals surface area contributed by atoms with Gasteiger partial charge < -0.3 is 15.5 Å². The van der Waals surface area contributed by atoms with Crippen molar-refractivity contribution in [3.63, 3.8) is 0 Å². The Balaban J connectivity index is 2.92. The molecule has 5 nitrogen and oxygen atoms in total. The van der Waals surface area contributed by atoms with Crippen LogP contribution in [0.5, 0.6) is 0 Å². The van der Waals surface area contributed by atoms with Gasteiger partial charge in [0.1, 0.15) is 0 Å². The van der Waals surface area contributed by atoms with Crippen LogP contribution in [0.4, 0.5) is 8.78 Å². The van der Waals surface area contributed by atoms with Gasteiger partial charge in [-0.1, -0.05) is 13.3 Å². The zero-order valence-corrected chi connectivity index (χ0v) is 10.8. The molecule has 1 unspecified atom stereocenters. The maximum atomic E-state index is 13.1. The number of carboxylic acid groups (broad SMARTS) is 1. The van der Waals surface area contributed by atoms with Gasteiger partial charge in [-0.15, -0.1) is 0 Å². The first-order valence-corrected chi connectivity index (χ1v) is 6.05. The van der Waals surface area contributed by atoms with E-state index in [4.69, 9.17) is 5.11 Å². The average molecular weight is 287 g/mol. The fourth-order valence-corrected chi connectivity index (χ4v) is 1.65. The molecule has 0 fully saturated rings. The number of amides is 1. The highest BCUT2D eigenvalue weighted by Gasteiger charge is 2.20. The van der Waals surface area contributed by atoms with Crippen molar-refractivity contribution in [1.29, 1.82) is 0 Å². The van der Waals surface area contributed by atoms with E-state index >= 15 is 0 Å². The highest BCUT2D eigenvalue weighted by Crippen LogP contribution is 2.15. The summed E-state index contributed by atoms with van der Waals surface area (Å²) >= 11 is 0. The summed E-state index contributed by atoms with van der Waals surface area (Å²) in [6.07, 6.45) is 0.398. The third kappa shape index (κ3) is 3.99. The Labute approximate surface area is 114 Å². The molecule has 20 heavy (non-hydrogen) atoms. The molecule has 110 valence electrons. The monoisotopic (exact) mass is 287 g/mol. The summed E-state index contributed by atoms with van der Waals surface area (Å²) in [5, 5.41) is 20.6. The van der Waals surface area contributed by atoms with Crippen molar-refractivity contribution in [3.8, 4) is 0 Å². The normalized spacial score (nSPS) is 12.0. The lowest BCUT2D eigenvalue weighted by atomic mass is 10.1. The van der Waals surface area contributed by atoms with E-state index in [0.29, 0.717) is 25.0 Å². The Morgan fingerprint density at radius 2 is 1.80 bits per heavy atom. The summed E-state index contributed by atoms with van der Waals surface area (Å²) in [6.45, 7) is 1.76. The molecule has 0 saturated carbocycles. The summed E-state index contributed by atoms with van der Waals surface area (Å²) in [7, 11) is 0. The van der Waals surface area contributed by atoms with Gasteiger partial charge in [-0.2, -0.15) is 0 Å². The van der Waals surface area contributed by atoms with E-state index in [2.05, 4.69) is 5.32 Å². The molecule has 0 bridgehead atoms. The number of hydrogen-bond donors (Lipinski definition) is 3. The second-order valence-electron chi connectivity index (χ2n) is 4.27. The summed E-state index contributed by atoms with van der Waals surface area (Å²) in [5.41, 5.74) is -1.12. The number of nitrogens with one attached hydrogen (secondary N) is 1. The molecule has 1 aromatic rings. The summed E-state index contributed by atoms with van der Waals surface area (Å²) in [6, 6.07) is 0.982. The van der Waals surface area contributed by atoms with Gasteiger partial charge in [0.15, 0.2) is 11.6 Å². The predicted octanol–water partition coefficient (Wildman–Crippen LogP) is 1.55. The SMILES string of the molecule is CCCC(O)CNC(=O)c1cc(F)c(F)cc1C(=O)O. The molecule has 0 aliphatic heterocycles. The van der Waals surface area contributed by atoms with Crippen LogP contribution >= 0.6 is 0 Å². The highest BCUT2D eigenvalue weighted by molar-refractivity contribution is 6.04. The van der Waals surface area contributed by atoms with Gasteiger partial charge >= 0.3 is 5.97 Å². The Hall–Kier alpha value is -2.02. The predicted molar refractivity (Wildman–Crippen MR) is 66.6 cm³/mol. The molecule has 0 heterocycles. The number of carboxylic acids is 1. The van der Waals surface area contributed by atoms with Crippen LogP contribution in [0.2, 0.25) is 0 Å². The number of carbonyl (C=O) groups is 2. The first-order valence-electron chi connectivity index (χ1n) is 6.05. The Morgan fingerprint density at radius 1 is 1.25 bits per heavy atom. The van der Waals surface area contributed by atoms with Crippen molar-refractivity contribution in [2.75, 3.05) is 6.54 Å². The fourth-order valence-electron chi connectivity index (χ4n) is 1.65. The maximum absolute atomic E-state index is 13.1. The van der Waals surface area contributed by atoms with Crippen molar-refractivity contribution in [3.05, 3.63) is 34.9 Å². The van der Waals surface area contributed by atoms with Crippen LogP contribution in [0.3, 0.4) is 0 Å². The highest BCUT2D eigenvalue weighted by atomic mass is 19.2. The van der Waals surface area contributed by atoms with Crippen LogP contribution in [-0.4, -0.2) is 34.7 Å². The maximum Gasteiger partial charge on any atom is 0.336 e. The molecule has 0 aliphatic rings. The third-order valence-corrected chi connectivity index (χ3v) is 2.66. The Morgan fingerprint density at radius 3 is 2.30 bits per heavy atom. The Bertz CT molecular complexity index is 519. The standard InChI is InChI=1S/C13H15F2NO4/c1-2-3-7(17)6-16-12(18)8-4-10(14)11(15)5-9(8)13(19)20/h4-5,7,17H,2-3,6H2,1H3,(H,16,18)(H,19,20). The molecule has 0 aromatic heterocycles. The van der Waals surface area contributed by atoms with Gasteiger partial charge in [0.25, 0.3) is 5.91 Å². The molecule has 0 radical (unpaired) electrons. The van der Waals surface area contributed by atoms with E-state index in [1.807, 2.05) is 6.92 Å². The molecule has 1 rings (SSSR count). The minimum absolute atomic E-state index is 0.0925. The fraction of sp³-hybridized carbons (Fsp3) is 0.385. The Kier molecular flexibility index (Phi) is 5.57. The van der Waals surface area contributed by atoms with Crippen LogP contribution in [-0.2, 0) is 0 Å². The number of aromatic carboxylic acids is 1. The van der Waals surface area contributed by atoms with E-state index in [0.717, 1.165) is 0 Å². The van der Waals surface area contributed by atoms with Gasteiger partial charge in [-0.25, -0.2) is 13.6 Å². The molecular weight excluding hydrogens is 272 g/mol. The second kappa shape index (κ2) is 6.95. The van der Waals surface area contributed by atoms with Gasteiger partial charge in [0.05, 0.1) is 17.2 Å². The number of aliphatic hydroxyl groups is 1. The first-order chi connectivity index (χ1) is 9.36. The second-order valence-corrected chi connectivity index (χ2v) is 4.27. The smallest absolute Gasteiger partial charge is 0.336 e. The minimum atomic E-state index is -1.54. The lowest BCUT2D eigenvalue weighted by Gasteiger charge is -2.12. The van der Waals surface area contributed by atoms with Gasteiger partial charge in [0, 0.05) is 6.54 Å². The van der Waals surface area contributed by atoms with Crippen molar-refractivity contribution in [2.24, 2.45) is 0 Å². The molecule has 7 heteroatoms. The topological polar surface area (TPSA) is 86.6 Å². The van der Waals surface area contributed by atoms with Gasteiger partial charge in [0.2, 0.25) is 0 Å². The number of rotatable bonds is 6. The zero-order chi connectivity index (χ0) is 15.3. The lowest BCUT2D eigenvalue weighted by Crippen LogP contribution is -2.33. The largest absolute Gasteiger partial charge is 0.478 e. The first kappa shape index (κ1) is 16.0. The number of halogens is 2. The van der Waals surface area contributed by atoms with Gasteiger partial charge in [-0.05, 0) is 18.6 Å². The molecule has 0 saturated heterocycles. The summed E-state index contributed by atoms with van der Waals surface area (Å²) in [4.78, 5) is 22.7. The molecule has 0 aliphatic carbocycles. The van der Waals surface area contributed by atoms with E-state index in [1.165, 1.54) is 0 Å². The molecular formula is C13H15F2NO4. The van der Waals surface area contributed by atoms with Crippen LogP contribution in [0, 0.1) is 11.6 Å². The minimum Gasteiger partial charge on any atom is -0.478 e. The number of benzene rings is 1. The number of hydrogen-bond acceptors (Lipinski definition) is 3. The number of carbonyl (C=O) groups excluding carboxylic acids is 1. The quantitative estimate of drug-likeness (QED) is 0.741. The summed E-state index contributed by atoms with van der Waals surface area (Å²) in [5.74, 6) is -5.07.